The Balaban J connectivity index is 0.000000461. The molecule has 11 heavy (non-hydrogen) atoms. The van der Waals surface area contributed by atoms with E-state index < -0.39 is 0 Å². The third-order valence-electron chi connectivity index (χ3n) is 1.14. The molecule has 1 aromatic rings. The lowest BCUT2D eigenvalue weighted by Gasteiger charge is -1.94. The van der Waals surface area contributed by atoms with E-state index in [1.54, 1.807) is 19.1 Å². The number of hydrogen-bond acceptors (Lipinski definition) is 0. The molecule has 2 heteroatoms. The number of rotatable bonds is 0. The van der Waals surface area contributed by atoms with Crippen molar-refractivity contribution in [3.63, 3.8) is 0 Å². The zero-order valence-corrected chi connectivity index (χ0v) is 7.74. The maximum Gasteiger partial charge on any atom is 0.144 e. The topological polar surface area (TPSA) is 0 Å². The summed E-state index contributed by atoms with van der Waals surface area (Å²) in [6.45, 7) is 5.68. The third-order valence-corrected chi connectivity index (χ3v) is 1.44. The molecule has 0 aliphatic rings. The highest BCUT2D eigenvalue weighted by Gasteiger charge is 1.98. The van der Waals surface area contributed by atoms with Crippen LogP contribution in [0.1, 0.15) is 19.4 Å². The molecule has 0 saturated carbocycles. The molecule has 0 N–H and O–H groups in total. The Kier molecular flexibility index (Phi) is 4.88. The average Bonchev–Trinajstić information content (AvgIpc) is 2.04. The van der Waals surface area contributed by atoms with E-state index in [1.165, 1.54) is 6.07 Å². The van der Waals surface area contributed by atoms with Crippen molar-refractivity contribution >= 4 is 11.6 Å². The van der Waals surface area contributed by atoms with Gasteiger partial charge in [-0.25, -0.2) is 4.39 Å². The lowest BCUT2D eigenvalue weighted by Crippen LogP contribution is -1.80. The van der Waals surface area contributed by atoms with Crippen molar-refractivity contribution in [1.29, 1.82) is 0 Å². The minimum atomic E-state index is -0.320. The molecular formula is C9H12ClF. The lowest BCUT2D eigenvalue weighted by atomic mass is 10.2. The van der Waals surface area contributed by atoms with Gasteiger partial charge in [0.1, 0.15) is 5.82 Å². The fraction of sp³-hybridized carbons (Fsp3) is 0.333. The fourth-order valence-electron chi connectivity index (χ4n) is 0.612. The molecule has 0 nitrogen and oxygen atoms in total. The smallest absolute Gasteiger partial charge is 0.144 e. The SMILES string of the molecule is CC.Cc1cccc(Cl)c1F. The van der Waals surface area contributed by atoms with E-state index in [-0.39, 0.29) is 10.8 Å². The van der Waals surface area contributed by atoms with Crippen molar-refractivity contribution in [3.05, 3.63) is 34.6 Å². The zero-order valence-electron chi connectivity index (χ0n) is 6.99. The number of halogens is 2. The van der Waals surface area contributed by atoms with E-state index in [0.717, 1.165) is 0 Å². The van der Waals surface area contributed by atoms with Crippen LogP contribution in [-0.4, -0.2) is 0 Å². The molecule has 0 saturated heterocycles. The molecule has 0 unspecified atom stereocenters. The van der Waals surface area contributed by atoms with Crippen LogP contribution in [0.25, 0.3) is 0 Å². The molecule has 0 aliphatic heterocycles. The zero-order chi connectivity index (χ0) is 8.85. The maximum absolute atomic E-state index is 12.6. The molecule has 0 heterocycles. The Labute approximate surface area is 72.0 Å². The molecule has 0 spiro atoms. The molecule has 62 valence electrons. The summed E-state index contributed by atoms with van der Waals surface area (Å²) in [6.07, 6.45) is 0. The first kappa shape index (κ1) is 10.4. The summed E-state index contributed by atoms with van der Waals surface area (Å²) in [4.78, 5) is 0. The summed E-state index contributed by atoms with van der Waals surface area (Å²) < 4.78 is 12.6. The molecule has 1 aromatic carbocycles. The monoisotopic (exact) mass is 174 g/mol. The van der Waals surface area contributed by atoms with Crippen LogP contribution in [0.3, 0.4) is 0 Å². The summed E-state index contributed by atoms with van der Waals surface area (Å²) in [5.41, 5.74) is 0.586. The number of hydrogen-bond donors (Lipinski definition) is 0. The van der Waals surface area contributed by atoms with Crippen LogP contribution in [0.2, 0.25) is 5.02 Å². The first-order chi connectivity index (χ1) is 5.22. The Morgan fingerprint density at radius 3 is 2.18 bits per heavy atom. The van der Waals surface area contributed by atoms with Crippen LogP contribution in [0.15, 0.2) is 18.2 Å². The van der Waals surface area contributed by atoms with Gasteiger partial charge in [-0.2, -0.15) is 0 Å². The summed E-state index contributed by atoms with van der Waals surface area (Å²) >= 11 is 5.44. The minimum absolute atomic E-state index is 0.190. The quantitative estimate of drug-likeness (QED) is 0.561. The third kappa shape index (κ3) is 2.89. The van der Waals surface area contributed by atoms with Gasteiger partial charge >= 0.3 is 0 Å². The van der Waals surface area contributed by atoms with E-state index in [4.69, 9.17) is 11.6 Å². The van der Waals surface area contributed by atoms with Crippen molar-refractivity contribution < 1.29 is 4.39 Å². The van der Waals surface area contributed by atoms with Crippen molar-refractivity contribution in [2.24, 2.45) is 0 Å². The molecule has 0 aromatic heterocycles. The normalized spacial score (nSPS) is 8.45. The van der Waals surface area contributed by atoms with Gasteiger partial charge in [0.05, 0.1) is 5.02 Å². The van der Waals surface area contributed by atoms with Crippen LogP contribution in [0, 0.1) is 12.7 Å². The van der Waals surface area contributed by atoms with Gasteiger partial charge in [-0.3, -0.25) is 0 Å². The van der Waals surface area contributed by atoms with Gasteiger partial charge in [-0.15, -0.1) is 0 Å². The molecule has 0 bridgehead atoms. The Morgan fingerprint density at radius 1 is 1.27 bits per heavy atom. The van der Waals surface area contributed by atoms with E-state index in [9.17, 15) is 4.39 Å². The Morgan fingerprint density at radius 2 is 1.82 bits per heavy atom. The highest BCUT2D eigenvalue weighted by Crippen LogP contribution is 2.16. The largest absolute Gasteiger partial charge is 0.205 e. The van der Waals surface area contributed by atoms with Crippen LogP contribution in [0.5, 0.6) is 0 Å². The van der Waals surface area contributed by atoms with Crippen LogP contribution < -0.4 is 0 Å². The minimum Gasteiger partial charge on any atom is -0.205 e. The molecule has 0 amide bonds. The van der Waals surface area contributed by atoms with E-state index >= 15 is 0 Å². The second-order valence-electron chi connectivity index (χ2n) is 1.87. The lowest BCUT2D eigenvalue weighted by molar-refractivity contribution is 0.619. The molecule has 0 radical (unpaired) electrons. The van der Waals surface area contributed by atoms with Crippen molar-refractivity contribution in [2.75, 3.05) is 0 Å². The van der Waals surface area contributed by atoms with Crippen molar-refractivity contribution in [3.8, 4) is 0 Å². The van der Waals surface area contributed by atoms with Crippen molar-refractivity contribution in [2.45, 2.75) is 20.8 Å². The summed E-state index contributed by atoms with van der Waals surface area (Å²) in [7, 11) is 0. The first-order valence-electron chi connectivity index (χ1n) is 3.62. The predicted octanol–water partition coefficient (Wildman–Crippen LogP) is 3.81. The molecule has 0 atom stereocenters. The number of benzene rings is 1. The molecule has 1 rings (SSSR count). The van der Waals surface area contributed by atoms with Gasteiger partial charge in [-0.1, -0.05) is 37.6 Å². The van der Waals surface area contributed by atoms with E-state index in [2.05, 4.69) is 0 Å². The fourth-order valence-corrected chi connectivity index (χ4v) is 0.833. The summed E-state index contributed by atoms with van der Waals surface area (Å²) in [6, 6.07) is 4.94. The highest BCUT2D eigenvalue weighted by molar-refractivity contribution is 6.30. The predicted molar refractivity (Wildman–Crippen MR) is 47.5 cm³/mol. The maximum atomic E-state index is 12.6. The van der Waals surface area contributed by atoms with Gasteiger partial charge in [0, 0.05) is 0 Å². The molecule has 0 fully saturated rings. The van der Waals surface area contributed by atoms with E-state index in [1.807, 2.05) is 13.8 Å². The van der Waals surface area contributed by atoms with Crippen LogP contribution in [0.4, 0.5) is 4.39 Å². The average molecular weight is 175 g/mol. The van der Waals surface area contributed by atoms with Gasteiger partial charge < -0.3 is 0 Å². The second-order valence-corrected chi connectivity index (χ2v) is 2.28. The molecule has 0 aliphatic carbocycles. The van der Waals surface area contributed by atoms with Gasteiger partial charge in [0.25, 0.3) is 0 Å². The standard InChI is InChI=1S/C7H6ClF.C2H6/c1-5-3-2-4-6(8)7(5)9;1-2/h2-4H,1H3;1-2H3. The van der Waals surface area contributed by atoms with E-state index in [0.29, 0.717) is 5.56 Å². The van der Waals surface area contributed by atoms with Crippen LogP contribution >= 0.6 is 11.6 Å². The second kappa shape index (κ2) is 5.14. The van der Waals surface area contributed by atoms with Gasteiger partial charge in [0.2, 0.25) is 0 Å². The van der Waals surface area contributed by atoms with Crippen LogP contribution in [-0.2, 0) is 0 Å². The Hall–Kier alpha value is -0.560. The molecular weight excluding hydrogens is 163 g/mol. The number of aryl methyl sites for hydroxylation is 1. The summed E-state index contributed by atoms with van der Waals surface area (Å²) in [5.74, 6) is -0.320. The Bertz CT molecular complexity index is 201. The van der Waals surface area contributed by atoms with Gasteiger partial charge in [-0.05, 0) is 18.6 Å². The first-order valence-corrected chi connectivity index (χ1v) is 4.00. The van der Waals surface area contributed by atoms with Crippen molar-refractivity contribution in [1.82, 2.24) is 0 Å². The van der Waals surface area contributed by atoms with Gasteiger partial charge in [0.15, 0.2) is 0 Å². The highest BCUT2D eigenvalue weighted by atomic mass is 35.5. The summed E-state index contributed by atoms with van der Waals surface area (Å²) in [5, 5.41) is 0.190.